The topological polar surface area (TPSA) is 19.0 Å². The highest BCUT2D eigenvalue weighted by Gasteiger charge is 2.23. The van der Waals surface area contributed by atoms with E-state index in [1.807, 2.05) is 49.5 Å². The van der Waals surface area contributed by atoms with Crippen molar-refractivity contribution in [1.82, 2.24) is 9.88 Å². The van der Waals surface area contributed by atoms with E-state index in [0.717, 1.165) is 16.5 Å². The summed E-state index contributed by atoms with van der Waals surface area (Å²) in [7, 11) is 16.3. The zero-order valence-electron chi connectivity index (χ0n) is 9.70. The van der Waals surface area contributed by atoms with Crippen LogP contribution in [-0.2, 0) is 5.21 Å². The molecule has 0 unspecified atom stereocenters. The number of aromatic amines is 1. The number of likely N-dealkylation sites (N-methyl/N-ethyl adjacent to an activating group) is 1. The van der Waals surface area contributed by atoms with Crippen molar-refractivity contribution in [3.05, 3.63) is 36.0 Å². The summed E-state index contributed by atoms with van der Waals surface area (Å²) in [5.74, 6) is 0. The lowest BCUT2D eigenvalue weighted by Gasteiger charge is -2.29. The highest BCUT2D eigenvalue weighted by atomic mass is 15.1. The van der Waals surface area contributed by atoms with E-state index in [0.29, 0.717) is 6.54 Å². The number of H-pyrrole nitrogens is 1. The van der Waals surface area contributed by atoms with E-state index < -0.39 is 5.21 Å². The number of aromatic nitrogens is 1. The van der Waals surface area contributed by atoms with Crippen LogP contribution in [0.5, 0.6) is 0 Å². The Hall–Kier alpha value is -1.15. The van der Waals surface area contributed by atoms with E-state index in [4.69, 9.17) is 15.7 Å². The van der Waals surface area contributed by atoms with Crippen LogP contribution < -0.4 is 0 Å². The van der Waals surface area contributed by atoms with Crippen LogP contribution in [0.15, 0.2) is 30.5 Å². The molecule has 1 N–H and O–H groups in total. The zero-order valence-corrected chi connectivity index (χ0v) is 9.70. The summed E-state index contributed by atoms with van der Waals surface area (Å²) < 4.78 is 0. The third kappa shape index (κ3) is 2.03. The summed E-state index contributed by atoms with van der Waals surface area (Å²) in [5, 5.41) is 0.262. The quantitative estimate of drug-likeness (QED) is 0.751. The molecule has 16 heavy (non-hydrogen) atoms. The van der Waals surface area contributed by atoms with Gasteiger partial charge >= 0.3 is 0 Å². The van der Waals surface area contributed by atoms with Crippen LogP contribution in [0.25, 0.3) is 10.9 Å². The molecular formula is C12H14B2N2. The van der Waals surface area contributed by atoms with Crippen molar-refractivity contribution >= 4 is 26.6 Å². The lowest BCUT2D eigenvalue weighted by atomic mass is 9.51. The number of fused-ring (bicyclic) bond motifs is 1. The molecule has 1 aromatic carbocycles. The fourth-order valence-electron chi connectivity index (χ4n) is 2.07. The fraction of sp³-hybridized carbons (Fsp3) is 0.333. The maximum Gasteiger partial charge on any atom is 0.0701 e. The Bertz CT molecular complexity index is 488. The molecule has 0 atom stereocenters. The van der Waals surface area contributed by atoms with E-state index in [-0.39, 0.29) is 0 Å². The van der Waals surface area contributed by atoms with Gasteiger partial charge in [-0.1, -0.05) is 23.4 Å². The van der Waals surface area contributed by atoms with Crippen molar-refractivity contribution in [2.24, 2.45) is 0 Å². The molecule has 0 aliphatic heterocycles. The van der Waals surface area contributed by atoms with Gasteiger partial charge in [0, 0.05) is 17.1 Å². The lowest BCUT2D eigenvalue weighted by molar-refractivity contribution is 0.393. The van der Waals surface area contributed by atoms with Gasteiger partial charge in [0.25, 0.3) is 0 Å². The minimum absolute atomic E-state index is 0.606. The van der Waals surface area contributed by atoms with E-state index in [1.54, 1.807) is 0 Å². The monoisotopic (exact) mass is 208 g/mol. The maximum absolute atomic E-state index is 6.17. The second-order valence-corrected chi connectivity index (χ2v) is 4.53. The van der Waals surface area contributed by atoms with Gasteiger partial charge in [0.05, 0.1) is 15.7 Å². The van der Waals surface area contributed by atoms with Gasteiger partial charge in [0.1, 0.15) is 0 Å². The predicted octanol–water partition coefficient (Wildman–Crippen LogP) is 1.22. The summed E-state index contributed by atoms with van der Waals surface area (Å²) in [5.41, 5.74) is 2.02. The summed E-state index contributed by atoms with van der Waals surface area (Å²) in [6.07, 6.45) is 1.90. The molecule has 1 heterocycles. The van der Waals surface area contributed by atoms with Gasteiger partial charge in [-0.25, -0.2) is 0 Å². The molecule has 2 aromatic rings. The molecule has 78 valence electrons. The van der Waals surface area contributed by atoms with Crippen LogP contribution in [0.3, 0.4) is 0 Å². The Morgan fingerprint density at radius 2 is 1.94 bits per heavy atom. The van der Waals surface area contributed by atoms with Crippen molar-refractivity contribution in [2.45, 2.75) is 5.21 Å². The largest absolute Gasteiger partial charge is 0.361 e. The van der Waals surface area contributed by atoms with E-state index in [9.17, 15) is 0 Å². The molecule has 0 spiro atoms. The van der Waals surface area contributed by atoms with Crippen molar-refractivity contribution < 1.29 is 0 Å². The first kappa shape index (κ1) is 11.3. The Kier molecular flexibility index (Phi) is 2.85. The van der Waals surface area contributed by atoms with Crippen molar-refractivity contribution in [1.29, 1.82) is 0 Å². The summed E-state index contributed by atoms with van der Waals surface area (Å²) >= 11 is 0. The molecule has 2 nitrogen and oxygen atoms in total. The molecule has 0 aliphatic carbocycles. The Morgan fingerprint density at radius 1 is 1.25 bits per heavy atom. The molecule has 1 aromatic heterocycles. The number of benzene rings is 1. The predicted molar refractivity (Wildman–Crippen MR) is 70.0 cm³/mol. The summed E-state index contributed by atoms with van der Waals surface area (Å²) in [6.45, 7) is 0.606. The molecule has 0 fully saturated rings. The zero-order chi connectivity index (χ0) is 11.8. The fourth-order valence-corrected chi connectivity index (χ4v) is 2.07. The second kappa shape index (κ2) is 4.02. The van der Waals surface area contributed by atoms with Crippen molar-refractivity contribution in [3.63, 3.8) is 0 Å². The van der Waals surface area contributed by atoms with Crippen LogP contribution >= 0.6 is 0 Å². The molecule has 0 aliphatic rings. The molecule has 0 saturated heterocycles. The first-order chi connectivity index (χ1) is 7.50. The Morgan fingerprint density at radius 3 is 2.62 bits per heavy atom. The van der Waals surface area contributed by atoms with Crippen LogP contribution in [0.4, 0.5) is 0 Å². The molecule has 4 heteroatoms. The minimum Gasteiger partial charge on any atom is -0.361 e. The highest BCUT2D eigenvalue weighted by molar-refractivity contribution is 6.41. The van der Waals surface area contributed by atoms with Gasteiger partial charge in [0.15, 0.2) is 0 Å². The van der Waals surface area contributed by atoms with Crippen LogP contribution in [0.2, 0.25) is 0 Å². The average molecular weight is 208 g/mol. The normalized spacial score (nSPS) is 12.4. The van der Waals surface area contributed by atoms with Crippen molar-refractivity contribution in [2.75, 3.05) is 20.6 Å². The van der Waals surface area contributed by atoms with E-state index in [2.05, 4.69) is 4.98 Å². The van der Waals surface area contributed by atoms with Gasteiger partial charge in [-0.3, -0.25) is 0 Å². The standard InChI is InChI=1S/C12H14B2N2/c1-16(2)8-12(13,14)10-7-15-11-6-4-3-5-9(10)11/h3-7,15H,8H2,1-2H3. The van der Waals surface area contributed by atoms with Gasteiger partial charge in [-0.2, -0.15) is 0 Å². The average Bonchev–Trinajstić information content (AvgIpc) is 2.59. The van der Waals surface area contributed by atoms with Gasteiger partial charge in [-0.15, -0.1) is 0 Å². The Labute approximate surface area is 98.8 Å². The third-order valence-corrected chi connectivity index (χ3v) is 2.67. The van der Waals surface area contributed by atoms with Crippen LogP contribution in [-0.4, -0.2) is 46.2 Å². The highest BCUT2D eigenvalue weighted by Crippen LogP contribution is 2.26. The van der Waals surface area contributed by atoms with E-state index in [1.165, 1.54) is 0 Å². The summed E-state index contributed by atoms with van der Waals surface area (Å²) in [6, 6.07) is 8.03. The lowest BCUT2D eigenvalue weighted by Crippen LogP contribution is -2.38. The second-order valence-electron chi connectivity index (χ2n) is 4.53. The van der Waals surface area contributed by atoms with Gasteiger partial charge < -0.3 is 9.88 Å². The number of para-hydroxylation sites is 1. The van der Waals surface area contributed by atoms with Crippen LogP contribution in [0, 0.1) is 0 Å². The molecule has 4 radical (unpaired) electrons. The molecule has 2 rings (SSSR count). The van der Waals surface area contributed by atoms with Crippen LogP contribution in [0.1, 0.15) is 5.56 Å². The molecule has 0 saturated carbocycles. The number of hydrogen-bond donors (Lipinski definition) is 1. The molecular weight excluding hydrogens is 194 g/mol. The number of hydrogen-bond acceptors (Lipinski definition) is 1. The first-order valence-electron chi connectivity index (χ1n) is 5.30. The van der Waals surface area contributed by atoms with Gasteiger partial charge in [0.2, 0.25) is 0 Å². The number of nitrogens with one attached hydrogen (secondary N) is 1. The van der Waals surface area contributed by atoms with E-state index >= 15 is 0 Å². The maximum atomic E-state index is 6.17. The summed E-state index contributed by atoms with van der Waals surface area (Å²) in [4.78, 5) is 5.18. The first-order valence-corrected chi connectivity index (χ1v) is 5.30. The smallest absolute Gasteiger partial charge is 0.0701 e. The Balaban J connectivity index is 2.46. The molecule has 0 amide bonds. The molecule has 0 bridgehead atoms. The minimum atomic E-state index is -0.830. The third-order valence-electron chi connectivity index (χ3n) is 2.67. The van der Waals surface area contributed by atoms with Gasteiger partial charge in [-0.05, 0) is 32.3 Å². The SMILES string of the molecule is [B]C([B])(CN(C)C)c1c[nH]c2ccccc12. The van der Waals surface area contributed by atoms with Crippen molar-refractivity contribution in [3.8, 4) is 0 Å². The number of rotatable bonds is 3. The number of nitrogens with zero attached hydrogens (tertiary/aromatic N) is 1.